The number of aryl methyl sites for hydroxylation is 1. The Labute approximate surface area is 206 Å². The summed E-state index contributed by atoms with van der Waals surface area (Å²) in [7, 11) is 0. The van der Waals surface area contributed by atoms with Crippen LogP contribution in [-0.4, -0.2) is 61.0 Å². The average Bonchev–Trinajstić information content (AvgIpc) is 3.44. The number of hydrogen-bond acceptors (Lipinski definition) is 5. The topological polar surface area (TPSA) is 81.7 Å². The van der Waals surface area contributed by atoms with Crippen LogP contribution in [0.25, 0.3) is 0 Å². The van der Waals surface area contributed by atoms with Gasteiger partial charge < -0.3 is 16.0 Å². The molecule has 0 spiro atoms. The molecule has 1 fully saturated rings. The van der Waals surface area contributed by atoms with E-state index in [1.807, 2.05) is 6.92 Å². The van der Waals surface area contributed by atoms with E-state index in [9.17, 15) is 4.79 Å². The highest BCUT2D eigenvalue weighted by molar-refractivity contribution is 14.0. The number of aromatic nitrogens is 1. The summed E-state index contributed by atoms with van der Waals surface area (Å²) in [6.07, 6.45) is 2.51. The lowest BCUT2D eigenvalue weighted by atomic mass is 10.1. The van der Waals surface area contributed by atoms with Gasteiger partial charge in [-0.1, -0.05) is 30.3 Å². The number of hydrogen-bond donors (Lipinski definition) is 3. The fourth-order valence-electron chi connectivity index (χ4n) is 3.64. The third-order valence-corrected chi connectivity index (χ3v) is 6.11. The fourth-order valence-corrected chi connectivity index (χ4v) is 4.36. The fraction of sp³-hybridized carbons (Fsp3) is 0.500. The van der Waals surface area contributed by atoms with Gasteiger partial charge in [0.2, 0.25) is 0 Å². The predicted molar refractivity (Wildman–Crippen MR) is 139 cm³/mol. The maximum Gasteiger partial charge on any atom is 0.263 e. The van der Waals surface area contributed by atoms with Crippen LogP contribution in [0.5, 0.6) is 0 Å². The van der Waals surface area contributed by atoms with Gasteiger partial charge in [0.25, 0.3) is 5.91 Å². The van der Waals surface area contributed by atoms with Gasteiger partial charge in [0, 0.05) is 19.6 Å². The van der Waals surface area contributed by atoms with Crippen LogP contribution in [0.3, 0.4) is 0 Å². The molecule has 170 valence electrons. The van der Waals surface area contributed by atoms with Crippen LogP contribution in [0, 0.1) is 6.92 Å². The second-order valence-corrected chi connectivity index (χ2v) is 8.19. The maximum atomic E-state index is 12.2. The Bertz CT molecular complexity index is 822. The van der Waals surface area contributed by atoms with E-state index in [0.29, 0.717) is 24.5 Å². The first-order valence-electron chi connectivity index (χ1n) is 10.7. The van der Waals surface area contributed by atoms with Crippen LogP contribution in [0.2, 0.25) is 0 Å². The number of carbonyl (C=O) groups excluding carboxylic acids is 1. The van der Waals surface area contributed by atoms with E-state index in [4.69, 9.17) is 4.99 Å². The molecule has 1 unspecified atom stereocenters. The van der Waals surface area contributed by atoms with Crippen molar-refractivity contribution in [3.63, 3.8) is 0 Å². The zero-order valence-corrected chi connectivity index (χ0v) is 21.4. The standard InChI is InChI=1S/C22H32N6OS.HI/c1-3-23-22(25-12-11-24-21(29)20-17(2)27-16-30-20)26-15-19(28-13-7-8-14-28)18-9-5-4-6-10-18;/h4-6,9-10,16,19H,3,7-8,11-15H2,1-2H3,(H,24,29)(H2,23,25,26);1H. The van der Waals surface area contributed by atoms with E-state index < -0.39 is 0 Å². The Morgan fingerprint density at radius 2 is 1.87 bits per heavy atom. The Kier molecular flexibility index (Phi) is 11.2. The van der Waals surface area contributed by atoms with E-state index >= 15 is 0 Å². The molecule has 3 rings (SSSR count). The molecule has 9 heteroatoms. The van der Waals surface area contributed by atoms with Crippen LogP contribution in [0.1, 0.15) is 46.7 Å². The molecular weight excluding hydrogens is 523 g/mol. The number of likely N-dealkylation sites (tertiary alicyclic amines) is 1. The predicted octanol–water partition coefficient (Wildman–Crippen LogP) is 3.19. The lowest BCUT2D eigenvalue weighted by Gasteiger charge is -2.27. The zero-order valence-electron chi connectivity index (χ0n) is 18.3. The van der Waals surface area contributed by atoms with Crippen LogP contribution < -0.4 is 16.0 Å². The summed E-state index contributed by atoms with van der Waals surface area (Å²) in [5, 5.41) is 9.57. The maximum absolute atomic E-state index is 12.2. The van der Waals surface area contributed by atoms with Crippen molar-refractivity contribution in [2.24, 2.45) is 4.99 Å². The minimum Gasteiger partial charge on any atom is -0.357 e. The van der Waals surface area contributed by atoms with Crippen molar-refractivity contribution < 1.29 is 4.79 Å². The minimum atomic E-state index is -0.0723. The molecule has 2 aromatic rings. The number of rotatable bonds is 9. The molecule has 0 bridgehead atoms. The highest BCUT2D eigenvalue weighted by atomic mass is 127. The lowest BCUT2D eigenvalue weighted by molar-refractivity contribution is 0.0957. The van der Waals surface area contributed by atoms with Crippen LogP contribution >= 0.6 is 35.3 Å². The van der Waals surface area contributed by atoms with Gasteiger partial charge in [-0.25, -0.2) is 4.98 Å². The van der Waals surface area contributed by atoms with Crippen molar-refractivity contribution in [2.45, 2.75) is 32.7 Å². The number of guanidine groups is 1. The third-order valence-electron chi connectivity index (χ3n) is 5.19. The van der Waals surface area contributed by atoms with Crippen molar-refractivity contribution in [1.82, 2.24) is 25.8 Å². The number of halogens is 1. The number of thiazole rings is 1. The molecule has 0 aliphatic carbocycles. The van der Waals surface area contributed by atoms with E-state index in [2.05, 4.69) is 63.1 Å². The Morgan fingerprint density at radius 3 is 2.52 bits per heavy atom. The molecule has 3 N–H and O–H groups in total. The van der Waals surface area contributed by atoms with Gasteiger partial charge in [0.15, 0.2) is 5.96 Å². The number of nitrogens with zero attached hydrogens (tertiary/aromatic N) is 3. The van der Waals surface area contributed by atoms with Gasteiger partial charge in [-0.3, -0.25) is 14.7 Å². The van der Waals surface area contributed by atoms with Crippen molar-refractivity contribution in [3.05, 3.63) is 52.0 Å². The Balaban J connectivity index is 0.00000341. The first kappa shape index (κ1) is 25.5. The lowest BCUT2D eigenvalue weighted by Crippen LogP contribution is -2.42. The van der Waals surface area contributed by atoms with E-state index in [1.54, 1.807) is 5.51 Å². The molecule has 1 amide bonds. The summed E-state index contributed by atoms with van der Waals surface area (Å²) >= 11 is 1.37. The number of carbonyl (C=O) groups is 1. The molecule has 31 heavy (non-hydrogen) atoms. The third kappa shape index (κ3) is 7.73. The number of benzene rings is 1. The van der Waals surface area contributed by atoms with E-state index in [-0.39, 0.29) is 35.9 Å². The second kappa shape index (κ2) is 13.6. The SMILES string of the molecule is CCNC(=NCC(c1ccccc1)N1CCCC1)NCCNC(=O)c1scnc1C.I. The number of nitrogens with one attached hydrogen (secondary N) is 3. The van der Waals surface area contributed by atoms with Crippen LogP contribution in [-0.2, 0) is 0 Å². The Hall–Kier alpha value is -1.72. The van der Waals surface area contributed by atoms with Crippen LogP contribution in [0.15, 0.2) is 40.8 Å². The average molecular weight is 557 g/mol. The first-order chi connectivity index (χ1) is 14.7. The minimum absolute atomic E-state index is 0. The molecule has 2 heterocycles. The van der Waals surface area contributed by atoms with E-state index in [1.165, 1.54) is 29.7 Å². The van der Waals surface area contributed by atoms with Gasteiger partial charge in [-0.15, -0.1) is 35.3 Å². The molecule has 1 aliphatic rings. The summed E-state index contributed by atoms with van der Waals surface area (Å²) in [4.78, 5) is 24.4. The Morgan fingerprint density at radius 1 is 1.16 bits per heavy atom. The summed E-state index contributed by atoms with van der Waals surface area (Å²) in [6.45, 7) is 8.78. The molecule has 1 aliphatic heterocycles. The molecule has 1 aromatic heterocycles. The van der Waals surface area contributed by atoms with Gasteiger partial charge in [-0.2, -0.15) is 0 Å². The quantitative estimate of drug-likeness (QED) is 0.191. The second-order valence-electron chi connectivity index (χ2n) is 7.34. The summed E-state index contributed by atoms with van der Waals surface area (Å²) in [5.74, 6) is 0.706. The van der Waals surface area contributed by atoms with Gasteiger partial charge in [0.05, 0.1) is 23.8 Å². The van der Waals surface area contributed by atoms with Crippen LogP contribution in [0.4, 0.5) is 0 Å². The molecule has 7 nitrogen and oxygen atoms in total. The highest BCUT2D eigenvalue weighted by Gasteiger charge is 2.23. The van der Waals surface area contributed by atoms with Crippen molar-refractivity contribution in [1.29, 1.82) is 0 Å². The summed E-state index contributed by atoms with van der Waals surface area (Å²) in [5.41, 5.74) is 3.78. The highest BCUT2D eigenvalue weighted by Crippen LogP contribution is 2.25. The van der Waals surface area contributed by atoms with Gasteiger partial charge in [0.1, 0.15) is 4.88 Å². The largest absolute Gasteiger partial charge is 0.357 e. The van der Waals surface area contributed by atoms with Crippen molar-refractivity contribution in [3.8, 4) is 0 Å². The molecular formula is C22H33IN6OS. The van der Waals surface area contributed by atoms with Gasteiger partial charge in [-0.05, 0) is 45.3 Å². The number of amides is 1. The molecule has 0 saturated carbocycles. The number of aliphatic imine (C=N–C) groups is 1. The summed E-state index contributed by atoms with van der Waals surface area (Å²) < 4.78 is 0. The van der Waals surface area contributed by atoms with Gasteiger partial charge >= 0.3 is 0 Å². The monoisotopic (exact) mass is 556 g/mol. The van der Waals surface area contributed by atoms with Crippen molar-refractivity contribution >= 4 is 47.2 Å². The zero-order chi connectivity index (χ0) is 21.2. The first-order valence-corrected chi connectivity index (χ1v) is 11.6. The molecule has 1 aromatic carbocycles. The smallest absolute Gasteiger partial charge is 0.263 e. The molecule has 0 radical (unpaired) electrons. The molecule has 1 atom stereocenters. The van der Waals surface area contributed by atoms with Crippen molar-refractivity contribution in [2.75, 3.05) is 39.3 Å². The summed E-state index contributed by atoms with van der Waals surface area (Å²) in [6, 6.07) is 10.9. The van der Waals surface area contributed by atoms with E-state index in [0.717, 1.165) is 31.3 Å². The normalized spacial score (nSPS) is 15.2. The molecule has 1 saturated heterocycles.